The van der Waals surface area contributed by atoms with E-state index in [0.717, 1.165) is 47.8 Å². The Hall–Kier alpha value is -2.08. The molecule has 1 aromatic heterocycles. The van der Waals surface area contributed by atoms with Gasteiger partial charge in [0.2, 0.25) is 5.91 Å². The molecule has 1 amide bonds. The van der Waals surface area contributed by atoms with Crippen LogP contribution in [0.4, 0.5) is 0 Å². The maximum atomic E-state index is 12.5. The van der Waals surface area contributed by atoms with E-state index >= 15 is 0 Å². The molecule has 1 atom stereocenters. The van der Waals surface area contributed by atoms with E-state index in [1.54, 1.807) is 7.11 Å². The molecule has 1 aromatic carbocycles. The lowest BCUT2D eigenvalue weighted by molar-refractivity contribution is -0.132. The van der Waals surface area contributed by atoms with Gasteiger partial charge in [-0.3, -0.25) is 4.79 Å². The third-order valence-corrected chi connectivity index (χ3v) is 5.69. The molecule has 0 saturated carbocycles. The van der Waals surface area contributed by atoms with Crippen molar-refractivity contribution in [1.82, 2.24) is 15.1 Å². The van der Waals surface area contributed by atoms with Crippen LogP contribution >= 0.6 is 11.8 Å². The Morgan fingerprint density at radius 1 is 1.19 bits per heavy atom. The molecule has 0 spiro atoms. The molecule has 2 aromatic rings. The van der Waals surface area contributed by atoms with Crippen LogP contribution < -0.4 is 4.74 Å². The molecule has 26 heavy (non-hydrogen) atoms. The van der Waals surface area contributed by atoms with Crippen LogP contribution in [0.5, 0.6) is 5.75 Å². The van der Waals surface area contributed by atoms with Gasteiger partial charge in [-0.2, -0.15) is 0 Å². The number of piperidine rings is 1. The number of hydrogen-bond donors (Lipinski definition) is 0. The minimum atomic E-state index is 0.211. The predicted molar refractivity (Wildman–Crippen MR) is 104 cm³/mol. The molecule has 138 valence electrons. The van der Waals surface area contributed by atoms with E-state index in [-0.39, 0.29) is 5.91 Å². The van der Waals surface area contributed by atoms with E-state index in [1.165, 1.54) is 18.2 Å². The summed E-state index contributed by atoms with van der Waals surface area (Å²) in [7, 11) is 1.65. The highest BCUT2D eigenvalue weighted by molar-refractivity contribution is 7.99. The van der Waals surface area contributed by atoms with E-state index in [4.69, 9.17) is 4.74 Å². The van der Waals surface area contributed by atoms with Crippen LogP contribution in [0.3, 0.4) is 0 Å². The largest absolute Gasteiger partial charge is 0.497 e. The number of nitrogens with zero attached hydrogens (tertiary/aromatic N) is 3. The minimum Gasteiger partial charge on any atom is -0.497 e. The monoisotopic (exact) mass is 371 g/mol. The summed E-state index contributed by atoms with van der Waals surface area (Å²) in [5, 5.41) is 9.33. The maximum Gasteiger partial charge on any atom is 0.233 e. The molecule has 5 nitrogen and oxygen atoms in total. The Labute approximate surface area is 159 Å². The van der Waals surface area contributed by atoms with Gasteiger partial charge in [0, 0.05) is 18.2 Å². The van der Waals surface area contributed by atoms with Gasteiger partial charge >= 0.3 is 0 Å². The number of amides is 1. The van der Waals surface area contributed by atoms with Crippen molar-refractivity contribution in [3.63, 3.8) is 0 Å². The molecule has 1 aliphatic rings. The fourth-order valence-corrected chi connectivity index (χ4v) is 3.98. The van der Waals surface area contributed by atoms with Crippen molar-refractivity contribution in [3.8, 4) is 17.0 Å². The molecule has 0 unspecified atom stereocenters. The zero-order chi connectivity index (χ0) is 18.4. The van der Waals surface area contributed by atoms with Crippen LogP contribution in [0, 0.1) is 0 Å². The summed E-state index contributed by atoms with van der Waals surface area (Å²) >= 11 is 1.46. The molecule has 0 bridgehead atoms. The second-order valence-corrected chi connectivity index (χ2v) is 7.41. The fourth-order valence-electron chi connectivity index (χ4n) is 3.28. The van der Waals surface area contributed by atoms with Crippen molar-refractivity contribution in [3.05, 3.63) is 36.4 Å². The van der Waals surface area contributed by atoms with Gasteiger partial charge in [0.25, 0.3) is 0 Å². The highest BCUT2D eigenvalue weighted by atomic mass is 32.2. The fraction of sp³-hybridized carbons (Fsp3) is 0.450. The summed E-state index contributed by atoms with van der Waals surface area (Å²) in [6.45, 7) is 3.05. The minimum absolute atomic E-state index is 0.211. The van der Waals surface area contributed by atoms with Gasteiger partial charge in [0.15, 0.2) is 0 Å². The van der Waals surface area contributed by atoms with Crippen LogP contribution in [0.25, 0.3) is 11.3 Å². The number of benzene rings is 1. The van der Waals surface area contributed by atoms with Crippen molar-refractivity contribution in [2.24, 2.45) is 0 Å². The van der Waals surface area contributed by atoms with Gasteiger partial charge in [0.1, 0.15) is 10.8 Å². The summed E-state index contributed by atoms with van der Waals surface area (Å²) in [4.78, 5) is 14.6. The second kappa shape index (κ2) is 9.03. The van der Waals surface area contributed by atoms with E-state index in [2.05, 4.69) is 22.0 Å². The van der Waals surface area contributed by atoms with Gasteiger partial charge in [-0.1, -0.05) is 18.7 Å². The third kappa shape index (κ3) is 4.55. The number of methoxy groups -OCH3 is 1. The number of likely N-dealkylation sites (tertiary alicyclic amines) is 1. The van der Waals surface area contributed by atoms with E-state index < -0.39 is 0 Å². The Bertz CT molecular complexity index is 719. The van der Waals surface area contributed by atoms with Gasteiger partial charge in [-0.05, 0) is 62.1 Å². The molecule has 0 radical (unpaired) electrons. The Balaban J connectivity index is 1.57. The molecule has 0 aliphatic carbocycles. The number of thioether (sulfide) groups is 1. The quantitative estimate of drug-likeness (QED) is 0.718. The summed E-state index contributed by atoms with van der Waals surface area (Å²) < 4.78 is 5.17. The average molecular weight is 372 g/mol. The maximum absolute atomic E-state index is 12.5. The van der Waals surface area contributed by atoms with E-state index in [9.17, 15) is 4.79 Å². The van der Waals surface area contributed by atoms with Crippen LogP contribution in [0.2, 0.25) is 0 Å². The number of rotatable bonds is 6. The third-order valence-electron chi connectivity index (χ3n) is 4.79. The zero-order valence-electron chi connectivity index (χ0n) is 15.4. The van der Waals surface area contributed by atoms with Gasteiger partial charge < -0.3 is 9.64 Å². The smallest absolute Gasteiger partial charge is 0.233 e. The molecule has 1 aliphatic heterocycles. The first-order valence-corrected chi connectivity index (χ1v) is 10.1. The van der Waals surface area contributed by atoms with Crippen molar-refractivity contribution < 1.29 is 9.53 Å². The van der Waals surface area contributed by atoms with Gasteiger partial charge in [-0.25, -0.2) is 0 Å². The van der Waals surface area contributed by atoms with Crippen molar-refractivity contribution >= 4 is 17.7 Å². The Morgan fingerprint density at radius 3 is 2.65 bits per heavy atom. The average Bonchev–Trinajstić information content (AvgIpc) is 2.72. The predicted octanol–water partition coefficient (Wildman–Crippen LogP) is 4.04. The van der Waals surface area contributed by atoms with Gasteiger partial charge in [0.05, 0.1) is 18.6 Å². The first kappa shape index (κ1) is 18.7. The highest BCUT2D eigenvalue weighted by Crippen LogP contribution is 2.24. The topological polar surface area (TPSA) is 55.3 Å². The Kier molecular flexibility index (Phi) is 6.50. The lowest BCUT2D eigenvalue weighted by atomic mass is 10.0. The van der Waals surface area contributed by atoms with Crippen molar-refractivity contribution in [1.29, 1.82) is 0 Å². The second-order valence-electron chi connectivity index (χ2n) is 6.42. The van der Waals surface area contributed by atoms with Crippen LogP contribution in [-0.2, 0) is 4.79 Å². The van der Waals surface area contributed by atoms with Gasteiger partial charge in [-0.15, -0.1) is 10.2 Å². The van der Waals surface area contributed by atoms with E-state index in [1.807, 2.05) is 36.4 Å². The van der Waals surface area contributed by atoms with Crippen molar-refractivity contribution in [2.45, 2.75) is 43.7 Å². The normalized spacial score (nSPS) is 17.2. The summed E-state index contributed by atoms with van der Waals surface area (Å²) in [6.07, 6.45) is 4.51. The first-order chi connectivity index (χ1) is 12.7. The van der Waals surface area contributed by atoms with Crippen LogP contribution in [0.15, 0.2) is 41.4 Å². The summed E-state index contributed by atoms with van der Waals surface area (Å²) in [6, 6.07) is 12.0. The molecule has 0 N–H and O–H groups in total. The van der Waals surface area contributed by atoms with Crippen LogP contribution in [-0.4, -0.2) is 46.5 Å². The number of carbonyl (C=O) groups is 1. The summed E-state index contributed by atoms with van der Waals surface area (Å²) in [5.74, 6) is 1.45. The number of ether oxygens (including phenoxy) is 1. The van der Waals surface area contributed by atoms with Crippen LogP contribution in [0.1, 0.15) is 32.6 Å². The molecular formula is C20H25N3O2S. The lowest BCUT2D eigenvalue weighted by Gasteiger charge is -2.35. The first-order valence-electron chi connectivity index (χ1n) is 9.11. The SMILES string of the molecule is CC[C@@H]1CCCCN1C(=O)CSc1ccc(-c2ccc(OC)cc2)nn1. The molecule has 1 saturated heterocycles. The molecular weight excluding hydrogens is 346 g/mol. The number of aromatic nitrogens is 2. The zero-order valence-corrected chi connectivity index (χ0v) is 16.2. The Morgan fingerprint density at radius 2 is 2.00 bits per heavy atom. The summed E-state index contributed by atoms with van der Waals surface area (Å²) in [5.41, 5.74) is 1.80. The standard InChI is InChI=1S/C20H25N3O2S/c1-3-16-6-4-5-13-23(16)20(24)14-26-19-12-11-18(21-22-19)15-7-9-17(25-2)10-8-15/h7-12,16H,3-6,13-14H2,1-2H3/t16-/m1/s1. The molecule has 1 fully saturated rings. The number of carbonyl (C=O) groups excluding carboxylic acids is 1. The lowest BCUT2D eigenvalue weighted by Crippen LogP contribution is -2.44. The van der Waals surface area contributed by atoms with E-state index in [0.29, 0.717) is 11.8 Å². The molecule has 2 heterocycles. The molecule has 3 rings (SSSR count). The highest BCUT2D eigenvalue weighted by Gasteiger charge is 2.25. The van der Waals surface area contributed by atoms with Crippen molar-refractivity contribution in [2.75, 3.05) is 19.4 Å². The molecule has 6 heteroatoms. The number of hydrogen-bond acceptors (Lipinski definition) is 5.